The van der Waals surface area contributed by atoms with Crippen LogP contribution in [0.15, 0.2) is 23.1 Å². The molecular formula is C14H23N3O2S. The lowest BCUT2D eigenvalue weighted by Crippen LogP contribution is -2.32. The van der Waals surface area contributed by atoms with Crippen LogP contribution in [0.4, 0.5) is 5.69 Å². The maximum absolute atomic E-state index is 12.0. The van der Waals surface area contributed by atoms with Crippen LogP contribution in [0.1, 0.15) is 31.2 Å². The van der Waals surface area contributed by atoms with E-state index in [1.807, 2.05) is 12.1 Å². The van der Waals surface area contributed by atoms with Crippen LogP contribution in [0.2, 0.25) is 0 Å². The molecule has 6 heteroatoms. The molecule has 0 aliphatic heterocycles. The maximum atomic E-state index is 12.0. The Labute approximate surface area is 121 Å². The first kappa shape index (κ1) is 15.3. The van der Waals surface area contributed by atoms with E-state index in [4.69, 9.17) is 5.73 Å². The quantitative estimate of drug-likeness (QED) is 0.788. The van der Waals surface area contributed by atoms with Gasteiger partial charge in [-0.25, -0.2) is 13.1 Å². The van der Waals surface area contributed by atoms with E-state index in [2.05, 4.69) is 10.0 Å². The molecule has 0 radical (unpaired) electrons. The van der Waals surface area contributed by atoms with Crippen molar-refractivity contribution in [2.24, 2.45) is 5.73 Å². The van der Waals surface area contributed by atoms with E-state index in [0.29, 0.717) is 17.0 Å². The molecule has 0 amide bonds. The molecule has 20 heavy (non-hydrogen) atoms. The normalized spacial score (nSPS) is 23.6. The van der Waals surface area contributed by atoms with Gasteiger partial charge in [0.15, 0.2) is 0 Å². The van der Waals surface area contributed by atoms with Gasteiger partial charge in [-0.1, -0.05) is 6.07 Å². The van der Waals surface area contributed by atoms with Gasteiger partial charge in [-0.15, -0.1) is 0 Å². The number of anilines is 1. The second-order valence-corrected chi connectivity index (χ2v) is 7.30. The number of sulfonamides is 1. The third-order valence-electron chi connectivity index (χ3n) is 3.89. The Kier molecular flexibility index (Phi) is 4.67. The zero-order chi connectivity index (χ0) is 14.8. The molecule has 0 bridgehead atoms. The minimum absolute atomic E-state index is 0.311. The molecule has 2 rings (SSSR count). The summed E-state index contributed by atoms with van der Waals surface area (Å²) >= 11 is 0. The molecule has 5 nitrogen and oxygen atoms in total. The summed E-state index contributed by atoms with van der Waals surface area (Å²) in [5.74, 6) is 0. The Hall–Kier alpha value is -1.11. The van der Waals surface area contributed by atoms with Crippen molar-refractivity contribution in [1.82, 2.24) is 4.72 Å². The first-order chi connectivity index (χ1) is 9.42. The monoisotopic (exact) mass is 297 g/mol. The van der Waals surface area contributed by atoms with Gasteiger partial charge in [0, 0.05) is 17.8 Å². The lowest BCUT2D eigenvalue weighted by molar-refractivity contribution is 0.411. The highest BCUT2D eigenvalue weighted by atomic mass is 32.2. The van der Waals surface area contributed by atoms with Crippen LogP contribution in [-0.2, 0) is 10.0 Å². The predicted molar refractivity (Wildman–Crippen MR) is 81.3 cm³/mol. The van der Waals surface area contributed by atoms with Gasteiger partial charge in [0.1, 0.15) is 0 Å². The Morgan fingerprint density at radius 2 is 1.85 bits per heavy atom. The lowest BCUT2D eigenvalue weighted by Gasteiger charge is -2.27. The molecule has 1 aromatic carbocycles. The van der Waals surface area contributed by atoms with Gasteiger partial charge in [-0.05, 0) is 57.4 Å². The number of benzene rings is 1. The van der Waals surface area contributed by atoms with Crippen molar-refractivity contribution in [3.8, 4) is 0 Å². The average molecular weight is 297 g/mol. The van der Waals surface area contributed by atoms with Gasteiger partial charge in [0.05, 0.1) is 4.90 Å². The minimum Gasteiger partial charge on any atom is -0.382 e. The first-order valence-electron chi connectivity index (χ1n) is 6.98. The highest BCUT2D eigenvalue weighted by Gasteiger charge is 2.20. The summed E-state index contributed by atoms with van der Waals surface area (Å²) < 4.78 is 26.3. The second kappa shape index (κ2) is 6.11. The molecule has 1 aliphatic rings. The Morgan fingerprint density at radius 1 is 1.20 bits per heavy atom. The highest BCUT2D eigenvalue weighted by Crippen LogP contribution is 2.24. The number of hydrogen-bond donors (Lipinski definition) is 3. The Bertz CT molecular complexity index is 564. The van der Waals surface area contributed by atoms with Gasteiger partial charge in [0.25, 0.3) is 0 Å². The zero-order valence-electron chi connectivity index (χ0n) is 12.0. The third kappa shape index (κ3) is 3.50. The van der Waals surface area contributed by atoms with Crippen LogP contribution in [0.3, 0.4) is 0 Å². The highest BCUT2D eigenvalue weighted by molar-refractivity contribution is 7.89. The van der Waals surface area contributed by atoms with Crippen LogP contribution in [-0.4, -0.2) is 27.5 Å². The van der Waals surface area contributed by atoms with Crippen molar-refractivity contribution in [2.75, 3.05) is 12.4 Å². The van der Waals surface area contributed by atoms with Crippen molar-refractivity contribution in [3.05, 3.63) is 23.8 Å². The first-order valence-corrected chi connectivity index (χ1v) is 8.47. The molecule has 1 aromatic rings. The van der Waals surface area contributed by atoms with Crippen molar-refractivity contribution >= 4 is 15.7 Å². The fourth-order valence-electron chi connectivity index (χ4n) is 2.59. The summed E-state index contributed by atoms with van der Waals surface area (Å²) in [5, 5.41) is 3.42. The smallest absolute Gasteiger partial charge is 0.240 e. The largest absolute Gasteiger partial charge is 0.382 e. The summed E-state index contributed by atoms with van der Waals surface area (Å²) in [6.07, 6.45) is 4.10. The van der Waals surface area contributed by atoms with Crippen LogP contribution >= 0.6 is 0 Å². The fourth-order valence-corrected chi connectivity index (χ4v) is 3.58. The van der Waals surface area contributed by atoms with E-state index < -0.39 is 10.0 Å². The summed E-state index contributed by atoms with van der Waals surface area (Å²) in [4.78, 5) is 0.331. The Balaban J connectivity index is 2.16. The van der Waals surface area contributed by atoms with E-state index in [1.54, 1.807) is 13.0 Å². The van der Waals surface area contributed by atoms with Crippen LogP contribution in [0, 0.1) is 6.92 Å². The molecule has 0 saturated heterocycles. The van der Waals surface area contributed by atoms with E-state index >= 15 is 0 Å². The van der Waals surface area contributed by atoms with E-state index in [1.165, 1.54) is 7.05 Å². The minimum atomic E-state index is -3.41. The van der Waals surface area contributed by atoms with Gasteiger partial charge in [-0.2, -0.15) is 0 Å². The molecule has 1 saturated carbocycles. The van der Waals surface area contributed by atoms with Gasteiger partial charge >= 0.3 is 0 Å². The molecule has 1 aliphatic carbocycles. The number of rotatable bonds is 4. The molecule has 112 valence electrons. The van der Waals surface area contributed by atoms with Crippen LogP contribution in [0.5, 0.6) is 0 Å². The lowest BCUT2D eigenvalue weighted by atomic mass is 9.91. The number of hydrogen-bond acceptors (Lipinski definition) is 4. The average Bonchev–Trinajstić information content (AvgIpc) is 2.43. The molecule has 0 unspecified atom stereocenters. The van der Waals surface area contributed by atoms with Crippen molar-refractivity contribution in [1.29, 1.82) is 0 Å². The van der Waals surface area contributed by atoms with Crippen molar-refractivity contribution in [2.45, 2.75) is 49.6 Å². The fraction of sp³-hybridized carbons (Fsp3) is 0.571. The number of aryl methyl sites for hydroxylation is 1. The molecular weight excluding hydrogens is 274 g/mol. The number of nitrogens with two attached hydrogens (primary N) is 1. The molecule has 0 heterocycles. The molecule has 0 spiro atoms. The summed E-state index contributed by atoms with van der Waals surface area (Å²) in [7, 11) is -1.98. The molecule has 1 fully saturated rings. The standard InChI is InChI=1S/C14H23N3O2S/c1-10-3-6-13(9-14(10)20(18,19)16-2)17-12-7-4-11(15)5-8-12/h3,6,9,11-12,16-17H,4-5,7-8,15H2,1-2H3. The topological polar surface area (TPSA) is 84.2 Å². The summed E-state index contributed by atoms with van der Waals surface area (Å²) in [6, 6.07) is 6.16. The molecule has 0 aromatic heterocycles. The molecule has 4 N–H and O–H groups in total. The maximum Gasteiger partial charge on any atom is 0.240 e. The Morgan fingerprint density at radius 3 is 2.45 bits per heavy atom. The van der Waals surface area contributed by atoms with Gasteiger partial charge in [-0.3, -0.25) is 0 Å². The van der Waals surface area contributed by atoms with E-state index in [-0.39, 0.29) is 0 Å². The second-order valence-electron chi connectivity index (χ2n) is 5.44. The SMILES string of the molecule is CNS(=O)(=O)c1cc(NC2CCC(N)CC2)ccc1C. The van der Waals surface area contributed by atoms with E-state index in [0.717, 1.165) is 36.9 Å². The number of nitrogens with one attached hydrogen (secondary N) is 2. The van der Waals surface area contributed by atoms with Gasteiger partial charge in [0.2, 0.25) is 10.0 Å². The summed E-state index contributed by atoms with van der Waals surface area (Å²) in [5.41, 5.74) is 7.49. The third-order valence-corrected chi connectivity index (χ3v) is 5.45. The van der Waals surface area contributed by atoms with Crippen molar-refractivity contribution in [3.63, 3.8) is 0 Å². The zero-order valence-corrected chi connectivity index (χ0v) is 12.8. The van der Waals surface area contributed by atoms with E-state index in [9.17, 15) is 8.42 Å². The summed E-state index contributed by atoms with van der Waals surface area (Å²) in [6.45, 7) is 1.80. The predicted octanol–water partition coefficient (Wildman–Crippen LogP) is 1.58. The van der Waals surface area contributed by atoms with Crippen molar-refractivity contribution < 1.29 is 8.42 Å². The van der Waals surface area contributed by atoms with Gasteiger partial charge < -0.3 is 11.1 Å². The van der Waals surface area contributed by atoms with Crippen LogP contribution < -0.4 is 15.8 Å². The molecule has 0 atom stereocenters. The van der Waals surface area contributed by atoms with Crippen LogP contribution in [0.25, 0.3) is 0 Å².